The Kier molecular flexibility index (Phi) is 3.86. The van der Waals surface area contributed by atoms with Crippen molar-refractivity contribution in [3.8, 4) is 0 Å². The molecule has 0 radical (unpaired) electrons. The fourth-order valence-electron chi connectivity index (χ4n) is 2.17. The molecule has 106 valence electrons. The molecule has 1 unspecified atom stereocenters. The van der Waals surface area contributed by atoms with Crippen LogP contribution in [-0.4, -0.2) is 15.3 Å². The molecule has 21 heavy (non-hydrogen) atoms. The van der Waals surface area contributed by atoms with Gasteiger partial charge in [-0.1, -0.05) is 30.3 Å². The minimum Gasteiger partial charge on any atom is -0.477 e. The van der Waals surface area contributed by atoms with Gasteiger partial charge in [0.25, 0.3) is 0 Å². The summed E-state index contributed by atoms with van der Waals surface area (Å²) in [7, 11) is -1.25. The fraction of sp³-hybridized carbons (Fsp3) is 0.0625. The number of fused-ring (bicyclic) bond motifs is 1. The first-order chi connectivity index (χ1) is 10.1. The first-order valence-corrected chi connectivity index (χ1v) is 8.52. The molecule has 1 N–H and O–H groups in total. The number of rotatable bonds is 4. The Morgan fingerprint density at radius 3 is 2.62 bits per heavy atom. The highest BCUT2D eigenvalue weighted by molar-refractivity contribution is 7.84. The lowest BCUT2D eigenvalue weighted by molar-refractivity contribution is 0.0701. The van der Waals surface area contributed by atoms with Crippen LogP contribution in [0.15, 0.2) is 58.8 Å². The number of carbonyl (C=O) groups is 1. The molecule has 0 aliphatic carbocycles. The number of hydrogen-bond acceptors (Lipinski definition) is 3. The molecular formula is C16H12O3S2. The second-order valence-electron chi connectivity index (χ2n) is 4.58. The second-order valence-corrected chi connectivity index (χ2v) is 6.95. The van der Waals surface area contributed by atoms with Crippen LogP contribution >= 0.6 is 11.3 Å². The van der Waals surface area contributed by atoms with Gasteiger partial charge in [-0.3, -0.25) is 4.21 Å². The van der Waals surface area contributed by atoms with Crippen molar-refractivity contribution in [1.82, 2.24) is 0 Å². The van der Waals surface area contributed by atoms with Crippen LogP contribution in [0.3, 0.4) is 0 Å². The number of carboxylic acid groups (broad SMARTS) is 1. The van der Waals surface area contributed by atoms with Crippen molar-refractivity contribution in [2.75, 3.05) is 0 Å². The molecule has 3 aromatic rings. The lowest BCUT2D eigenvalue weighted by atomic mass is 10.1. The molecule has 0 spiro atoms. The predicted molar refractivity (Wildman–Crippen MR) is 85.3 cm³/mol. The highest BCUT2D eigenvalue weighted by atomic mass is 32.2. The summed E-state index contributed by atoms with van der Waals surface area (Å²) in [5.74, 6) is -0.737. The highest BCUT2D eigenvalue weighted by Crippen LogP contribution is 2.23. The summed E-state index contributed by atoms with van der Waals surface area (Å²) in [4.78, 5) is 12.1. The number of hydrogen-bond donors (Lipinski definition) is 1. The third-order valence-corrected chi connectivity index (χ3v) is 5.51. The smallest absolute Gasteiger partial charge is 0.346 e. The Balaban J connectivity index is 1.90. The zero-order valence-corrected chi connectivity index (χ0v) is 12.6. The zero-order chi connectivity index (χ0) is 14.8. The van der Waals surface area contributed by atoms with E-state index in [1.807, 2.05) is 42.5 Å². The van der Waals surface area contributed by atoms with Crippen LogP contribution in [0.4, 0.5) is 0 Å². The molecule has 0 aliphatic rings. The molecule has 1 aromatic heterocycles. The average molecular weight is 316 g/mol. The van der Waals surface area contributed by atoms with Gasteiger partial charge in [-0.25, -0.2) is 4.79 Å². The number of carboxylic acids is 1. The van der Waals surface area contributed by atoms with E-state index >= 15 is 0 Å². The first kappa shape index (κ1) is 14.0. The summed E-state index contributed by atoms with van der Waals surface area (Å²) < 4.78 is 12.5. The van der Waals surface area contributed by atoms with Gasteiger partial charge in [-0.2, -0.15) is 0 Å². The van der Waals surface area contributed by atoms with Gasteiger partial charge in [0.1, 0.15) is 4.88 Å². The van der Waals surface area contributed by atoms with Gasteiger partial charge in [-0.15, -0.1) is 11.3 Å². The van der Waals surface area contributed by atoms with E-state index in [1.165, 1.54) is 0 Å². The van der Waals surface area contributed by atoms with Crippen molar-refractivity contribution in [3.05, 3.63) is 64.4 Å². The molecule has 1 heterocycles. The molecule has 2 aromatic carbocycles. The maximum atomic E-state index is 12.5. The Labute approximate surface area is 128 Å². The molecule has 3 nitrogen and oxygen atoms in total. The van der Waals surface area contributed by atoms with E-state index in [0.29, 0.717) is 5.56 Å². The van der Waals surface area contributed by atoms with Gasteiger partial charge in [0.15, 0.2) is 0 Å². The second kappa shape index (κ2) is 5.79. The van der Waals surface area contributed by atoms with Gasteiger partial charge < -0.3 is 5.11 Å². The Hall–Kier alpha value is -1.98. The SMILES string of the molecule is O=C(O)c1sccc1CS(=O)c1ccc2ccccc2c1. The third-order valence-electron chi connectivity index (χ3n) is 3.21. The molecule has 0 saturated carbocycles. The number of benzene rings is 2. The summed E-state index contributed by atoms with van der Waals surface area (Å²) in [5.41, 5.74) is 0.624. The Morgan fingerprint density at radius 1 is 1.10 bits per heavy atom. The monoisotopic (exact) mass is 316 g/mol. The quantitative estimate of drug-likeness (QED) is 0.794. The molecular weight excluding hydrogens is 304 g/mol. The molecule has 3 rings (SSSR count). The van der Waals surface area contributed by atoms with Crippen molar-refractivity contribution in [2.24, 2.45) is 0 Å². The molecule has 0 amide bonds. The van der Waals surface area contributed by atoms with Gasteiger partial charge in [0, 0.05) is 4.90 Å². The topological polar surface area (TPSA) is 54.4 Å². The van der Waals surface area contributed by atoms with Crippen molar-refractivity contribution in [2.45, 2.75) is 10.6 Å². The van der Waals surface area contributed by atoms with Crippen molar-refractivity contribution < 1.29 is 14.1 Å². The molecule has 5 heteroatoms. The molecule has 1 atom stereocenters. The van der Waals surface area contributed by atoms with E-state index in [0.717, 1.165) is 27.0 Å². The summed E-state index contributed by atoms with van der Waals surface area (Å²) in [5, 5.41) is 12.9. The lowest BCUT2D eigenvalue weighted by Gasteiger charge is -2.04. The minimum absolute atomic E-state index is 0.226. The summed E-state index contributed by atoms with van der Waals surface area (Å²) >= 11 is 1.16. The van der Waals surface area contributed by atoms with Gasteiger partial charge >= 0.3 is 5.97 Å². The standard InChI is InChI=1S/C16H12O3S2/c17-16(18)15-13(7-8-20-15)10-21(19)14-6-5-11-3-1-2-4-12(11)9-14/h1-9H,10H2,(H,17,18). The first-order valence-electron chi connectivity index (χ1n) is 6.32. The van der Waals surface area contributed by atoms with E-state index in [9.17, 15) is 9.00 Å². The highest BCUT2D eigenvalue weighted by Gasteiger charge is 2.15. The summed E-state index contributed by atoms with van der Waals surface area (Å²) in [6.45, 7) is 0. The molecule has 0 saturated heterocycles. The van der Waals surface area contributed by atoms with E-state index in [2.05, 4.69) is 0 Å². The van der Waals surface area contributed by atoms with Crippen LogP contribution in [-0.2, 0) is 16.6 Å². The lowest BCUT2D eigenvalue weighted by Crippen LogP contribution is -2.02. The van der Waals surface area contributed by atoms with Gasteiger partial charge in [-0.05, 0) is 39.9 Å². The predicted octanol–water partition coefficient (Wildman–Crippen LogP) is 3.91. The maximum Gasteiger partial charge on any atom is 0.346 e. The molecule has 0 bridgehead atoms. The van der Waals surface area contributed by atoms with Crippen LogP contribution < -0.4 is 0 Å². The van der Waals surface area contributed by atoms with E-state index in [4.69, 9.17) is 5.11 Å². The van der Waals surface area contributed by atoms with Crippen LogP contribution in [0, 0.1) is 0 Å². The summed E-state index contributed by atoms with van der Waals surface area (Å²) in [6, 6.07) is 15.3. The van der Waals surface area contributed by atoms with Crippen LogP contribution in [0.5, 0.6) is 0 Å². The Bertz CT molecular complexity index is 836. The van der Waals surface area contributed by atoms with E-state index < -0.39 is 16.8 Å². The van der Waals surface area contributed by atoms with Crippen LogP contribution in [0.25, 0.3) is 10.8 Å². The van der Waals surface area contributed by atoms with Gasteiger partial charge in [0.05, 0.1) is 16.6 Å². The van der Waals surface area contributed by atoms with Crippen molar-refractivity contribution in [3.63, 3.8) is 0 Å². The van der Waals surface area contributed by atoms with E-state index in [1.54, 1.807) is 11.4 Å². The normalized spacial score (nSPS) is 12.4. The average Bonchev–Trinajstić information content (AvgIpc) is 2.95. The summed E-state index contributed by atoms with van der Waals surface area (Å²) in [6.07, 6.45) is 0. The fourth-order valence-corrected chi connectivity index (χ4v) is 4.19. The third kappa shape index (κ3) is 2.89. The molecule has 0 fully saturated rings. The number of aromatic carboxylic acids is 1. The van der Waals surface area contributed by atoms with Crippen LogP contribution in [0.1, 0.15) is 15.2 Å². The van der Waals surface area contributed by atoms with Crippen LogP contribution in [0.2, 0.25) is 0 Å². The minimum atomic E-state index is -1.25. The largest absolute Gasteiger partial charge is 0.477 e. The van der Waals surface area contributed by atoms with Gasteiger partial charge in [0.2, 0.25) is 0 Å². The zero-order valence-electron chi connectivity index (χ0n) is 11.0. The van der Waals surface area contributed by atoms with Crippen molar-refractivity contribution >= 4 is 38.9 Å². The molecule has 0 aliphatic heterocycles. The maximum absolute atomic E-state index is 12.5. The Morgan fingerprint density at radius 2 is 1.86 bits per heavy atom. The van der Waals surface area contributed by atoms with Crippen molar-refractivity contribution in [1.29, 1.82) is 0 Å². The number of thiophene rings is 1. The van der Waals surface area contributed by atoms with E-state index in [-0.39, 0.29) is 10.6 Å².